The van der Waals surface area contributed by atoms with Gasteiger partial charge in [0, 0.05) is 20.8 Å². The van der Waals surface area contributed by atoms with Crippen molar-refractivity contribution in [2.24, 2.45) is 0 Å². The van der Waals surface area contributed by atoms with Crippen molar-refractivity contribution >= 4 is 33.0 Å². The van der Waals surface area contributed by atoms with Gasteiger partial charge in [-0.1, -0.05) is 15.9 Å². The van der Waals surface area contributed by atoms with E-state index in [0.717, 1.165) is 10.4 Å². The maximum Gasteiger partial charge on any atom is 0.150 e. The Hall–Kier alpha value is -0.940. The summed E-state index contributed by atoms with van der Waals surface area (Å²) in [6, 6.07) is 4.52. The van der Waals surface area contributed by atoms with Crippen LogP contribution in [0.4, 0.5) is 14.5 Å². The Morgan fingerprint density at radius 2 is 1.78 bits per heavy atom. The SMILES string of the molecule is Cc1cc(CNc2c(F)cc(Br)cc2F)c(C)s1. The molecule has 0 aliphatic carbocycles. The number of halogens is 3. The van der Waals surface area contributed by atoms with Crippen LogP contribution in [-0.4, -0.2) is 0 Å². The molecule has 0 saturated carbocycles. The van der Waals surface area contributed by atoms with E-state index in [1.54, 1.807) is 11.3 Å². The van der Waals surface area contributed by atoms with Gasteiger partial charge >= 0.3 is 0 Å². The Balaban J connectivity index is 2.18. The molecule has 1 aromatic carbocycles. The lowest BCUT2D eigenvalue weighted by molar-refractivity contribution is 0.586. The number of aryl methyl sites for hydroxylation is 2. The fraction of sp³-hybridized carbons (Fsp3) is 0.231. The van der Waals surface area contributed by atoms with Crippen LogP contribution in [0.3, 0.4) is 0 Å². The zero-order valence-corrected chi connectivity index (χ0v) is 12.4. The number of benzene rings is 1. The number of anilines is 1. The first-order valence-corrected chi connectivity index (χ1v) is 7.02. The highest BCUT2D eigenvalue weighted by Crippen LogP contribution is 2.26. The van der Waals surface area contributed by atoms with E-state index in [0.29, 0.717) is 11.0 Å². The average Bonchev–Trinajstić information content (AvgIpc) is 2.55. The summed E-state index contributed by atoms with van der Waals surface area (Å²) in [7, 11) is 0. The minimum atomic E-state index is -0.591. The maximum absolute atomic E-state index is 13.6. The molecule has 0 aliphatic heterocycles. The molecule has 1 N–H and O–H groups in total. The number of thiophene rings is 1. The van der Waals surface area contributed by atoms with E-state index in [-0.39, 0.29) is 5.69 Å². The van der Waals surface area contributed by atoms with Crippen LogP contribution in [0.2, 0.25) is 0 Å². The lowest BCUT2D eigenvalue weighted by Gasteiger charge is -2.09. The minimum Gasteiger partial charge on any atom is -0.376 e. The highest BCUT2D eigenvalue weighted by atomic mass is 79.9. The van der Waals surface area contributed by atoms with Crippen molar-refractivity contribution in [1.82, 2.24) is 0 Å². The molecule has 0 aliphatic rings. The molecule has 0 saturated heterocycles. The highest BCUT2D eigenvalue weighted by molar-refractivity contribution is 9.10. The lowest BCUT2D eigenvalue weighted by Crippen LogP contribution is -2.04. The van der Waals surface area contributed by atoms with Crippen LogP contribution < -0.4 is 5.32 Å². The summed E-state index contributed by atoms with van der Waals surface area (Å²) < 4.78 is 27.6. The Kier molecular flexibility index (Phi) is 4.02. The molecule has 0 bridgehead atoms. The van der Waals surface area contributed by atoms with Gasteiger partial charge in [0.05, 0.1) is 0 Å². The van der Waals surface area contributed by atoms with Gasteiger partial charge in [-0.3, -0.25) is 0 Å². The Bertz CT molecular complexity index is 557. The van der Waals surface area contributed by atoms with Gasteiger partial charge in [0.15, 0.2) is 0 Å². The quantitative estimate of drug-likeness (QED) is 0.832. The molecule has 5 heteroatoms. The number of hydrogen-bond donors (Lipinski definition) is 1. The molecule has 0 radical (unpaired) electrons. The van der Waals surface area contributed by atoms with Crippen LogP contribution in [0.15, 0.2) is 22.7 Å². The number of nitrogens with one attached hydrogen (secondary N) is 1. The average molecular weight is 332 g/mol. The van der Waals surface area contributed by atoms with E-state index in [1.165, 1.54) is 17.0 Å². The Morgan fingerprint density at radius 3 is 2.28 bits per heavy atom. The van der Waals surface area contributed by atoms with Gasteiger partial charge in [-0.05, 0) is 37.6 Å². The Morgan fingerprint density at radius 1 is 1.17 bits per heavy atom. The van der Waals surface area contributed by atoms with Crippen molar-refractivity contribution in [2.45, 2.75) is 20.4 Å². The molecule has 18 heavy (non-hydrogen) atoms. The zero-order chi connectivity index (χ0) is 13.3. The first kappa shape index (κ1) is 13.5. The summed E-state index contributed by atoms with van der Waals surface area (Å²) in [4.78, 5) is 2.36. The predicted octanol–water partition coefficient (Wildman–Crippen LogP) is 5.02. The Labute approximate surface area is 117 Å². The molecule has 2 aromatic rings. The predicted molar refractivity (Wildman–Crippen MR) is 75.2 cm³/mol. The van der Waals surface area contributed by atoms with Crippen LogP contribution in [-0.2, 0) is 6.54 Å². The largest absolute Gasteiger partial charge is 0.376 e. The van der Waals surface area contributed by atoms with Gasteiger partial charge in [0.2, 0.25) is 0 Å². The van der Waals surface area contributed by atoms with E-state index in [2.05, 4.69) is 21.2 Å². The second-order valence-corrected chi connectivity index (χ2v) is 6.41. The van der Waals surface area contributed by atoms with Crippen molar-refractivity contribution in [1.29, 1.82) is 0 Å². The third kappa shape index (κ3) is 2.90. The standard InChI is InChI=1S/C13H12BrF2NS/c1-7-3-9(8(2)18-7)6-17-13-11(15)4-10(14)5-12(13)16/h3-5,17H,6H2,1-2H3. The highest BCUT2D eigenvalue weighted by Gasteiger charge is 2.11. The molecule has 0 amide bonds. The van der Waals surface area contributed by atoms with Crippen molar-refractivity contribution in [2.75, 3.05) is 5.32 Å². The second-order valence-electron chi connectivity index (χ2n) is 4.04. The topological polar surface area (TPSA) is 12.0 Å². The molecular weight excluding hydrogens is 320 g/mol. The van der Waals surface area contributed by atoms with E-state index >= 15 is 0 Å². The molecule has 0 atom stereocenters. The van der Waals surface area contributed by atoms with Crippen LogP contribution in [0.1, 0.15) is 15.3 Å². The van der Waals surface area contributed by atoms with Crippen molar-refractivity contribution < 1.29 is 8.78 Å². The van der Waals surface area contributed by atoms with Crippen LogP contribution in [0.5, 0.6) is 0 Å². The molecule has 1 nitrogen and oxygen atoms in total. The lowest BCUT2D eigenvalue weighted by atomic mass is 10.2. The van der Waals surface area contributed by atoms with Crippen molar-refractivity contribution in [3.63, 3.8) is 0 Å². The summed E-state index contributed by atoms with van der Waals surface area (Å²) in [6.07, 6.45) is 0. The van der Waals surface area contributed by atoms with Crippen LogP contribution in [0, 0.1) is 25.5 Å². The molecule has 2 rings (SSSR count). The summed E-state index contributed by atoms with van der Waals surface area (Å²) in [5.74, 6) is -1.18. The molecular formula is C13H12BrF2NS. The molecule has 0 unspecified atom stereocenters. The normalized spacial score (nSPS) is 10.7. The van der Waals surface area contributed by atoms with Gasteiger partial charge in [-0.25, -0.2) is 8.78 Å². The molecule has 0 spiro atoms. The zero-order valence-electron chi connectivity index (χ0n) is 9.98. The second kappa shape index (κ2) is 5.36. The van der Waals surface area contributed by atoms with E-state index in [1.807, 2.05) is 19.9 Å². The maximum atomic E-state index is 13.6. The van der Waals surface area contributed by atoms with Crippen LogP contribution >= 0.6 is 27.3 Å². The third-order valence-electron chi connectivity index (χ3n) is 2.61. The smallest absolute Gasteiger partial charge is 0.150 e. The fourth-order valence-corrected chi connectivity index (χ4v) is 3.10. The fourth-order valence-electron chi connectivity index (χ4n) is 1.75. The summed E-state index contributed by atoms with van der Waals surface area (Å²) in [5.41, 5.74) is 0.987. The van der Waals surface area contributed by atoms with Gasteiger partial charge in [0.1, 0.15) is 17.3 Å². The van der Waals surface area contributed by atoms with Gasteiger partial charge in [-0.15, -0.1) is 11.3 Å². The van der Waals surface area contributed by atoms with Gasteiger partial charge < -0.3 is 5.32 Å². The number of rotatable bonds is 3. The van der Waals surface area contributed by atoms with Crippen molar-refractivity contribution in [3.8, 4) is 0 Å². The molecule has 1 heterocycles. The summed E-state index contributed by atoms with van der Waals surface area (Å²) in [6.45, 7) is 4.44. The van der Waals surface area contributed by atoms with E-state index < -0.39 is 11.6 Å². The summed E-state index contributed by atoms with van der Waals surface area (Å²) in [5, 5.41) is 2.81. The first-order chi connectivity index (χ1) is 8.47. The van der Waals surface area contributed by atoms with Gasteiger partial charge in [0.25, 0.3) is 0 Å². The number of hydrogen-bond acceptors (Lipinski definition) is 2. The van der Waals surface area contributed by atoms with E-state index in [4.69, 9.17) is 0 Å². The first-order valence-electron chi connectivity index (χ1n) is 5.41. The van der Waals surface area contributed by atoms with Crippen molar-refractivity contribution in [3.05, 3.63) is 49.6 Å². The molecule has 96 valence electrons. The van der Waals surface area contributed by atoms with E-state index in [9.17, 15) is 8.78 Å². The van der Waals surface area contributed by atoms with Gasteiger partial charge in [-0.2, -0.15) is 0 Å². The molecule has 0 fully saturated rings. The molecule has 1 aromatic heterocycles. The minimum absolute atomic E-state index is 0.0820. The van der Waals surface area contributed by atoms with Crippen LogP contribution in [0.25, 0.3) is 0 Å². The third-order valence-corrected chi connectivity index (χ3v) is 4.07. The monoisotopic (exact) mass is 331 g/mol. The summed E-state index contributed by atoms with van der Waals surface area (Å²) >= 11 is 4.73.